The fourth-order valence-corrected chi connectivity index (χ4v) is 3.93. The molecule has 0 saturated heterocycles. The van der Waals surface area contributed by atoms with Crippen LogP contribution in [0.1, 0.15) is 23.3 Å². The van der Waals surface area contributed by atoms with E-state index in [-0.39, 0.29) is 29.0 Å². The lowest BCUT2D eigenvalue weighted by Gasteiger charge is -2.20. The van der Waals surface area contributed by atoms with Crippen molar-refractivity contribution in [1.29, 1.82) is 0 Å². The van der Waals surface area contributed by atoms with Crippen LogP contribution in [0.4, 0.5) is 17.2 Å². The number of ether oxygens (including phenoxy) is 1. The Balaban J connectivity index is 1.66. The van der Waals surface area contributed by atoms with Gasteiger partial charge in [0.25, 0.3) is 5.91 Å². The zero-order valence-corrected chi connectivity index (χ0v) is 21.6. The first kappa shape index (κ1) is 27.4. The third-order valence-electron chi connectivity index (χ3n) is 5.53. The van der Waals surface area contributed by atoms with Gasteiger partial charge in [0.2, 0.25) is 5.91 Å². The van der Waals surface area contributed by atoms with Crippen LogP contribution in [0.3, 0.4) is 0 Å². The number of benzene rings is 1. The normalized spacial score (nSPS) is 13.2. The van der Waals surface area contributed by atoms with Gasteiger partial charge >= 0.3 is 0 Å². The Morgan fingerprint density at radius 2 is 2.05 bits per heavy atom. The van der Waals surface area contributed by atoms with E-state index in [1.165, 1.54) is 25.1 Å². The van der Waals surface area contributed by atoms with Gasteiger partial charge < -0.3 is 30.9 Å². The standard InChI is InChI=1S/C23H27BN8O5S/c1-37-20-15(14-11-25-32(12-14)9-8-26-38-2)4-3-5-16(20)27-17-10-18(28-21(33)13-6-7-13)30-31-19(17)22(34)29-23(24,35)36/h3-5,10-13,26,35-36H,6-9H2,1-2H3,(H,29,34)(H2,27,28,30,33). The molecule has 0 atom stereocenters. The van der Waals surface area contributed by atoms with Gasteiger partial charge in [0, 0.05) is 35.9 Å². The Hall–Kier alpha value is -3.66. The number of nitrogens with one attached hydrogen (secondary N) is 4. The van der Waals surface area contributed by atoms with Crippen LogP contribution in [0.15, 0.2) is 36.7 Å². The molecule has 1 saturated carbocycles. The summed E-state index contributed by atoms with van der Waals surface area (Å²) in [5.74, 6) is -3.69. The van der Waals surface area contributed by atoms with Gasteiger partial charge in [-0.1, -0.05) is 24.1 Å². The van der Waals surface area contributed by atoms with Crippen LogP contribution >= 0.6 is 11.9 Å². The zero-order chi connectivity index (χ0) is 27.3. The predicted molar refractivity (Wildman–Crippen MR) is 143 cm³/mol. The number of hydrogen-bond donors (Lipinski definition) is 6. The van der Waals surface area contributed by atoms with E-state index in [1.54, 1.807) is 18.3 Å². The van der Waals surface area contributed by atoms with Gasteiger partial charge in [-0.05, 0) is 25.2 Å². The third-order valence-corrected chi connectivity index (χ3v) is 6.02. The maximum Gasteiger partial charge on any atom is 0.277 e. The van der Waals surface area contributed by atoms with E-state index in [4.69, 9.17) is 12.6 Å². The van der Waals surface area contributed by atoms with E-state index in [0.29, 0.717) is 18.0 Å². The number of amides is 2. The Kier molecular flexibility index (Phi) is 8.51. The maximum atomic E-state index is 12.7. The number of anilines is 3. The van der Waals surface area contributed by atoms with Gasteiger partial charge in [0.15, 0.2) is 25.2 Å². The van der Waals surface area contributed by atoms with Crippen molar-refractivity contribution in [2.24, 2.45) is 5.92 Å². The van der Waals surface area contributed by atoms with E-state index in [0.717, 1.165) is 30.5 Å². The molecular weight excluding hydrogens is 511 g/mol. The number of aromatic nitrogens is 4. The second-order valence-electron chi connectivity index (χ2n) is 8.54. The molecule has 0 unspecified atom stereocenters. The molecule has 0 aliphatic heterocycles. The summed E-state index contributed by atoms with van der Waals surface area (Å²) >= 11 is 1.53. The number of hydrogen-bond acceptors (Lipinski definition) is 11. The fraction of sp³-hybridized carbons (Fsp3) is 0.348. The molecule has 1 aromatic carbocycles. The van der Waals surface area contributed by atoms with Crippen LogP contribution in [-0.4, -0.2) is 75.6 Å². The van der Waals surface area contributed by atoms with Crippen LogP contribution in [-0.2, 0) is 11.3 Å². The molecule has 0 spiro atoms. The molecular formula is C23H27BN8O5S. The van der Waals surface area contributed by atoms with E-state index >= 15 is 0 Å². The summed E-state index contributed by atoms with van der Waals surface area (Å²) in [5, 5.41) is 38.6. The first-order valence-electron chi connectivity index (χ1n) is 11.7. The third kappa shape index (κ3) is 7.01. The Labute approximate surface area is 224 Å². The molecule has 2 amide bonds. The highest BCUT2D eigenvalue weighted by Gasteiger charge is 2.30. The lowest BCUT2D eigenvalue weighted by Crippen LogP contribution is -2.49. The predicted octanol–water partition coefficient (Wildman–Crippen LogP) is 0.803. The smallest absolute Gasteiger partial charge is 0.277 e. The van der Waals surface area contributed by atoms with Crippen LogP contribution in [0.5, 0.6) is 5.75 Å². The molecule has 4 rings (SSSR count). The van der Waals surface area contributed by atoms with E-state index in [9.17, 15) is 19.8 Å². The average Bonchev–Trinajstić information content (AvgIpc) is 3.62. The Morgan fingerprint density at radius 3 is 2.74 bits per heavy atom. The lowest BCUT2D eigenvalue weighted by molar-refractivity contribution is -0.117. The molecule has 2 radical (unpaired) electrons. The molecule has 15 heteroatoms. The van der Waals surface area contributed by atoms with Crippen molar-refractivity contribution in [2.45, 2.75) is 25.2 Å². The Morgan fingerprint density at radius 1 is 1.26 bits per heavy atom. The van der Waals surface area contributed by atoms with Crippen molar-refractivity contribution in [2.75, 3.05) is 30.5 Å². The highest BCUT2D eigenvalue weighted by Crippen LogP contribution is 2.38. The topological polar surface area (TPSA) is 176 Å². The highest BCUT2D eigenvalue weighted by atomic mass is 32.2. The molecule has 38 heavy (non-hydrogen) atoms. The zero-order valence-electron chi connectivity index (χ0n) is 20.8. The Bertz CT molecular complexity index is 1310. The average molecular weight is 538 g/mol. The quantitative estimate of drug-likeness (QED) is 0.0833. The van der Waals surface area contributed by atoms with Crippen molar-refractivity contribution in [3.63, 3.8) is 0 Å². The minimum absolute atomic E-state index is 0.0768. The summed E-state index contributed by atoms with van der Waals surface area (Å²) in [6.45, 7) is 1.42. The summed E-state index contributed by atoms with van der Waals surface area (Å²) in [6.07, 6.45) is 7.17. The van der Waals surface area contributed by atoms with Gasteiger partial charge in [-0.2, -0.15) is 5.10 Å². The fourth-order valence-electron chi connectivity index (χ4n) is 3.63. The minimum Gasteiger partial charge on any atom is -0.494 e. The number of rotatable bonds is 12. The van der Waals surface area contributed by atoms with E-state index in [2.05, 4.69) is 30.7 Å². The molecule has 0 bridgehead atoms. The molecule has 3 aromatic rings. The van der Waals surface area contributed by atoms with Crippen LogP contribution in [0.25, 0.3) is 11.1 Å². The van der Waals surface area contributed by atoms with Crippen molar-refractivity contribution in [1.82, 2.24) is 30.0 Å². The molecule has 1 aliphatic carbocycles. The van der Waals surface area contributed by atoms with Gasteiger partial charge in [0.05, 0.1) is 31.2 Å². The maximum absolute atomic E-state index is 12.7. The number of methoxy groups -OCH3 is 1. The molecule has 6 N–H and O–H groups in total. The van der Waals surface area contributed by atoms with Crippen molar-refractivity contribution in [3.05, 3.63) is 42.4 Å². The molecule has 2 heterocycles. The molecule has 2 aromatic heterocycles. The van der Waals surface area contributed by atoms with E-state index in [1.807, 2.05) is 28.5 Å². The number of carbonyl (C=O) groups excluding carboxylic acids is 2. The monoisotopic (exact) mass is 538 g/mol. The highest BCUT2D eigenvalue weighted by molar-refractivity contribution is 7.96. The first-order chi connectivity index (χ1) is 18.2. The number of nitrogens with zero attached hydrogens (tertiary/aromatic N) is 4. The number of aliphatic hydroxyl groups is 2. The first-order valence-corrected chi connectivity index (χ1v) is 12.9. The van der Waals surface area contributed by atoms with Crippen LogP contribution in [0.2, 0.25) is 0 Å². The molecule has 1 fully saturated rings. The number of carbonyl (C=O) groups is 2. The molecule has 1 aliphatic rings. The molecule has 13 nitrogen and oxygen atoms in total. The second kappa shape index (κ2) is 11.8. The SMILES string of the molecule is [B]C(O)(O)NC(=O)c1nnc(NC(=O)C2CC2)cc1Nc1cccc(-c2cnn(CCNSC)c2)c1OC. The van der Waals surface area contributed by atoms with Crippen molar-refractivity contribution in [3.8, 4) is 16.9 Å². The van der Waals surface area contributed by atoms with Gasteiger partial charge in [-0.25, -0.2) is 0 Å². The van der Waals surface area contributed by atoms with E-state index < -0.39 is 11.7 Å². The van der Waals surface area contributed by atoms with Crippen molar-refractivity contribution < 1.29 is 24.5 Å². The minimum atomic E-state index is -2.97. The molecule has 198 valence electrons. The van der Waals surface area contributed by atoms with Crippen molar-refractivity contribution >= 4 is 48.8 Å². The van der Waals surface area contributed by atoms with Crippen LogP contribution in [0, 0.1) is 5.92 Å². The summed E-state index contributed by atoms with van der Waals surface area (Å²) in [5.41, 5.74) is 1.83. The number of para-hydroxylation sites is 1. The lowest BCUT2D eigenvalue weighted by atomic mass is 10.0. The van der Waals surface area contributed by atoms with Gasteiger partial charge in [-0.3, -0.25) is 19.0 Å². The summed E-state index contributed by atoms with van der Waals surface area (Å²) in [4.78, 5) is 24.9. The van der Waals surface area contributed by atoms with Gasteiger partial charge in [0.1, 0.15) is 5.75 Å². The summed E-state index contributed by atoms with van der Waals surface area (Å²) in [7, 11) is 6.61. The summed E-state index contributed by atoms with van der Waals surface area (Å²) < 4.78 is 10.7. The van der Waals surface area contributed by atoms with Crippen LogP contribution < -0.4 is 25.4 Å². The van der Waals surface area contributed by atoms with Gasteiger partial charge in [-0.15, -0.1) is 10.2 Å². The second-order valence-corrected chi connectivity index (χ2v) is 9.23. The summed E-state index contributed by atoms with van der Waals surface area (Å²) in [6, 6.07) is 6.80. The largest absolute Gasteiger partial charge is 0.494 e.